The van der Waals surface area contributed by atoms with Crippen molar-refractivity contribution in [2.75, 3.05) is 38.1 Å². The van der Waals surface area contributed by atoms with E-state index in [1.807, 2.05) is 6.92 Å². The molecule has 6 heteroatoms. The second-order valence-electron chi connectivity index (χ2n) is 3.91. The third-order valence-corrected chi connectivity index (χ3v) is 3.44. The standard InChI is InChI=1S/C10H18N4OS/c1-3-14-4-5-15-9(7-14)6-11-10-12-8(2)13-16-10/h9H,3-7H2,1-2H3,(H,11,12,13). The smallest absolute Gasteiger partial charge is 0.202 e. The number of morpholine rings is 1. The maximum absolute atomic E-state index is 5.69. The monoisotopic (exact) mass is 242 g/mol. The van der Waals surface area contributed by atoms with Crippen molar-refractivity contribution in [3.05, 3.63) is 5.82 Å². The van der Waals surface area contributed by atoms with E-state index in [1.165, 1.54) is 11.5 Å². The van der Waals surface area contributed by atoms with Gasteiger partial charge in [0.15, 0.2) is 0 Å². The molecule has 16 heavy (non-hydrogen) atoms. The lowest BCUT2D eigenvalue weighted by molar-refractivity contribution is -0.0191. The average molecular weight is 242 g/mol. The number of hydrogen-bond acceptors (Lipinski definition) is 6. The highest BCUT2D eigenvalue weighted by Gasteiger charge is 2.19. The minimum atomic E-state index is 0.262. The Kier molecular flexibility index (Phi) is 4.09. The molecule has 0 spiro atoms. The topological polar surface area (TPSA) is 50.3 Å². The minimum absolute atomic E-state index is 0.262. The zero-order chi connectivity index (χ0) is 11.4. The third kappa shape index (κ3) is 3.13. The van der Waals surface area contributed by atoms with E-state index in [2.05, 4.69) is 26.5 Å². The first-order chi connectivity index (χ1) is 7.78. The Morgan fingerprint density at radius 3 is 3.19 bits per heavy atom. The number of ether oxygens (including phenoxy) is 1. The van der Waals surface area contributed by atoms with Crippen LogP contribution in [0.2, 0.25) is 0 Å². The summed E-state index contributed by atoms with van der Waals surface area (Å²) < 4.78 is 9.82. The highest BCUT2D eigenvalue weighted by molar-refractivity contribution is 7.09. The van der Waals surface area contributed by atoms with Crippen LogP contribution in [0.3, 0.4) is 0 Å². The summed E-state index contributed by atoms with van der Waals surface area (Å²) in [6, 6.07) is 0. The van der Waals surface area contributed by atoms with Gasteiger partial charge in [-0.05, 0) is 13.5 Å². The number of rotatable bonds is 4. The lowest BCUT2D eigenvalue weighted by Crippen LogP contribution is -2.45. The number of nitrogens with one attached hydrogen (secondary N) is 1. The Morgan fingerprint density at radius 2 is 2.50 bits per heavy atom. The third-order valence-electron chi connectivity index (χ3n) is 2.68. The van der Waals surface area contributed by atoms with E-state index in [-0.39, 0.29) is 6.10 Å². The van der Waals surface area contributed by atoms with Crippen LogP contribution in [0.5, 0.6) is 0 Å². The molecule has 0 amide bonds. The van der Waals surface area contributed by atoms with Crippen molar-refractivity contribution in [3.63, 3.8) is 0 Å². The van der Waals surface area contributed by atoms with Gasteiger partial charge in [0.2, 0.25) is 5.13 Å². The van der Waals surface area contributed by atoms with Gasteiger partial charge in [-0.2, -0.15) is 4.37 Å². The van der Waals surface area contributed by atoms with Crippen LogP contribution < -0.4 is 5.32 Å². The Morgan fingerprint density at radius 1 is 1.62 bits per heavy atom. The Bertz CT molecular complexity index is 330. The molecule has 2 heterocycles. The number of nitrogens with zero attached hydrogens (tertiary/aromatic N) is 3. The molecule has 1 aliphatic heterocycles. The van der Waals surface area contributed by atoms with Gasteiger partial charge in [0, 0.05) is 31.2 Å². The van der Waals surface area contributed by atoms with Gasteiger partial charge < -0.3 is 10.1 Å². The van der Waals surface area contributed by atoms with Crippen molar-refractivity contribution >= 4 is 16.7 Å². The minimum Gasteiger partial charge on any atom is -0.374 e. The van der Waals surface area contributed by atoms with E-state index in [9.17, 15) is 0 Å². The second-order valence-corrected chi connectivity index (χ2v) is 4.67. The van der Waals surface area contributed by atoms with Gasteiger partial charge in [-0.15, -0.1) is 0 Å². The molecule has 1 unspecified atom stereocenters. The maximum Gasteiger partial charge on any atom is 0.202 e. The van der Waals surface area contributed by atoms with Gasteiger partial charge in [0.1, 0.15) is 5.82 Å². The molecule has 0 bridgehead atoms. The van der Waals surface area contributed by atoms with Crippen LogP contribution in [0.4, 0.5) is 5.13 Å². The van der Waals surface area contributed by atoms with Gasteiger partial charge in [-0.25, -0.2) is 4.98 Å². The van der Waals surface area contributed by atoms with Gasteiger partial charge in [-0.1, -0.05) is 6.92 Å². The molecule has 1 aliphatic rings. The zero-order valence-corrected chi connectivity index (χ0v) is 10.6. The van der Waals surface area contributed by atoms with Crippen LogP contribution in [0.15, 0.2) is 0 Å². The second kappa shape index (κ2) is 5.56. The maximum atomic E-state index is 5.69. The highest BCUT2D eigenvalue weighted by atomic mass is 32.1. The fourth-order valence-corrected chi connectivity index (χ4v) is 2.34. The fraction of sp³-hybridized carbons (Fsp3) is 0.800. The van der Waals surface area contributed by atoms with Crippen molar-refractivity contribution in [1.29, 1.82) is 0 Å². The van der Waals surface area contributed by atoms with Crippen LogP contribution in [0.25, 0.3) is 0 Å². The van der Waals surface area contributed by atoms with Crippen LogP contribution in [0.1, 0.15) is 12.7 Å². The molecule has 5 nitrogen and oxygen atoms in total. The summed E-state index contributed by atoms with van der Waals surface area (Å²) in [6.07, 6.45) is 0.262. The Balaban J connectivity index is 1.77. The molecular weight excluding hydrogens is 224 g/mol. The average Bonchev–Trinajstić information content (AvgIpc) is 2.73. The van der Waals surface area contributed by atoms with E-state index in [0.29, 0.717) is 0 Å². The molecule has 0 aromatic carbocycles. The summed E-state index contributed by atoms with van der Waals surface area (Å²) in [4.78, 5) is 6.67. The number of hydrogen-bond donors (Lipinski definition) is 1. The molecule has 1 saturated heterocycles. The van der Waals surface area contributed by atoms with E-state index < -0.39 is 0 Å². The molecule has 2 rings (SSSR count). The summed E-state index contributed by atoms with van der Waals surface area (Å²) in [5, 5.41) is 4.16. The molecule has 1 aromatic heterocycles. The lowest BCUT2D eigenvalue weighted by Gasteiger charge is -2.32. The Labute approximate surface area is 100.0 Å². The van der Waals surface area contributed by atoms with E-state index >= 15 is 0 Å². The van der Waals surface area contributed by atoms with Crippen LogP contribution in [-0.4, -0.2) is 53.1 Å². The quantitative estimate of drug-likeness (QED) is 0.853. The molecule has 1 atom stereocenters. The molecule has 0 aliphatic carbocycles. The largest absolute Gasteiger partial charge is 0.374 e. The van der Waals surface area contributed by atoms with Gasteiger partial charge in [0.05, 0.1) is 12.7 Å². The predicted molar refractivity (Wildman–Crippen MR) is 65.0 cm³/mol. The van der Waals surface area contributed by atoms with Gasteiger partial charge >= 0.3 is 0 Å². The van der Waals surface area contributed by atoms with E-state index in [4.69, 9.17) is 4.74 Å². The van der Waals surface area contributed by atoms with Gasteiger partial charge in [-0.3, -0.25) is 4.90 Å². The van der Waals surface area contributed by atoms with Crippen molar-refractivity contribution in [1.82, 2.24) is 14.3 Å². The zero-order valence-electron chi connectivity index (χ0n) is 9.77. The number of likely N-dealkylation sites (N-methyl/N-ethyl adjacent to an activating group) is 1. The number of aromatic nitrogens is 2. The first-order valence-electron chi connectivity index (χ1n) is 5.66. The van der Waals surface area contributed by atoms with E-state index in [1.54, 1.807) is 0 Å². The van der Waals surface area contributed by atoms with Crippen molar-refractivity contribution < 1.29 is 4.74 Å². The van der Waals surface area contributed by atoms with Crippen molar-refractivity contribution in [3.8, 4) is 0 Å². The molecule has 0 saturated carbocycles. The van der Waals surface area contributed by atoms with Crippen molar-refractivity contribution in [2.24, 2.45) is 0 Å². The molecule has 1 N–H and O–H groups in total. The van der Waals surface area contributed by atoms with Gasteiger partial charge in [0.25, 0.3) is 0 Å². The summed E-state index contributed by atoms with van der Waals surface area (Å²) in [5.41, 5.74) is 0. The molecule has 1 fully saturated rings. The molecule has 90 valence electrons. The predicted octanol–water partition coefficient (Wildman–Crippen LogP) is 0.979. The fourth-order valence-electron chi connectivity index (χ4n) is 1.76. The molecule has 1 aromatic rings. The summed E-state index contributed by atoms with van der Waals surface area (Å²) >= 11 is 1.40. The molecular formula is C10H18N4OS. The number of aryl methyl sites for hydroxylation is 1. The van der Waals surface area contributed by atoms with Crippen LogP contribution in [-0.2, 0) is 4.74 Å². The lowest BCUT2D eigenvalue weighted by atomic mass is 10.2. The first-order valence-corrected chi connectivity index (χ1v) is 6.43. The first kappa shape index (κ1) is 11.8. The van der Waals surface area contributed by atoms with Crippen LogP contribution >= 0.6 is 11.5 Å². The van der Waals surface area contributed by atoms with Crippen molar-refractivity contribution in [2.45, 2.75) is 20.0 Å². The highest BCUT2D eigenvalue weighted by Crippen LogP contribution is 2.11. The number of anilines is 1. The summed E-state index contributed by atoms with van der Waals surface area (Å²) in [5.74, 6) is 0.826. The van der Waals surface area contributed by atoms with Crippen LogP contribution in [0, 0.1) is 6.92 Å². The molecule has 0 radical (unpaired) electrons. The SMILES string of the molecule is CCN1CCOC(CNc2nc(C)ns2)C1. The summed E-state index contributed by atoms with van der Waals surface area (Å²) in [6.45, 7) is 8.87. The summed E-state index contributed by atoms with van der Waals surface area (Å²) in [7, 11) is 0. The normalized spacial score (nSPS) is 22.2. The Hall–Kier alpha value is -0.720. The van der Waals surface area contributed by atoms with E-state index in [0.717, 1.165) is 43.7 Å².